The number of pyridine rings is 1. The maximum absolute atomic E-state index is 13.6. The van der Waals surface area contributed by atoms with Gasteiger partial charge in [0.15, 0.2) is 0 Å². The number of esters is 1. The molecule has 184 valence electrons. The first-order chi connectivity index (χ1) is 16.8. The minimum Gasteiger partial charge on any atom is -0.469 e. The molecule has 1 atom stereocenters. The third kappa shape index (κ3) is 4.92. The zero-order valence-corrected chi connectivity index (χ0v) is 20.7. The summed E-state index contributed by atoms with van der Waals surface area (Å²) in [5, 5.41) is 2.74. The van der Waals surface area contributed by atoms with Gasteiger partial charge in [0.05, 0.1) is 37.2 Å². The molecule has 0 unspecified atom stereocenters. The van der Waals surface area contributed by atoms with Crippen LogP contribution in [0.2, 0.25) is 0 Å². The number of aromatic nitrogens is 2. The quantitative estimate of drug-likeness (QED) is 0.314. The van der Waals surface area contributed by atoms with E-state index in [9.17, 15) is 19.2 Å². The number of carbonyl (C=O) groups is 3. The zero-order valence-electron chi connectivity index (χ0n) is 19.1. The Kier molecular flexibility index (Phi) is 7.48. The second-order valence-corrected chi connectivity index (χ2v) is 9.37. The minimum absolute atomic E-state index is 0.116. The summed E-state index contributed by atoms with van der Waals surface area (Å²) >= 11 is 6.42. The van der Waals surface area contributed by atoms with Gasteiger partial charge in [0.2, 0.25) is 5.91 Å². The van der Waals surface area contributed by atoms with Crippen LogP contribution in [-0.4, -0.2) is 82.9 Å². The third-order valence-electron chi connectivity index (χ3n) is 5.61. The molecule has 0 aliphatic carbocycles. The minimum atomic E-state index is -0.933. The summed E-state index contributed by atoms with van der Waals surface area (Å²) in [4.78, 5) is 59.2. The molecule has 35 heavy (non-hydrogen) atoms. The molecule has 2 aliphatic rings. The summed E-state index contributed by atoms with van der Waals surface area (Å²) in [6.07, 6.45) is 2.80. The molecule has 2 aromatic heterocycles. The molecule has 4 heterocycles. The lowest BCUT2D eigenvalue weighted by Gasteiger charge is -2.36. The maximum atomic E-state index is 13.6. The average molecular weight is 518 g/mol. The predicted molar refractivity (Wildman–Crippen MR) is 134 cm³/mol. The number of fused-ring (bicyclic) bond motifs is 1. The van der Waals surface area contributed by atoms with Crippen LogP contribution in [0.3, 0.4) is 0 Å². The van der Waals surface area contributed by atoms with Gasteiger partial charge in [-0.3, -0.25) is 28.5 Å². The normalized spacial score (nSPS) is 19.5. The molecule has 0 radical (unpaired) electrons. The Morgan fingerprint density at radius 3 is 2.86 bits per heavy atom. The summed E-state index contributed by atoms with van der Waals surface area (Å²) in [7, 11) is 2.77. The van der Waals surface area contributed by atoms with Crippen molar-refractivity contribution in [3.05, 3.63) is 45.2 Å². The Morgan fingerprint density at radius 2 is 2.11 bits per heavy atom. The number of anilines is 1. The molecule has 1 N–H and O–H groups in total. The number of thiocarbonyl (C=S) groups is 1. The van der Waals surface area contributed by atoms with Gasteiger partial charge in [-0.2, -0.15) is 0 Å². The molecule has 2 aliphatic heterocycles. The van der Waals surface area contributed by atoms with E-state index >= 15 is 0 Å². The fourth-order valence-electron chi connectivity index (χ4n) is 3.86. The molecule has 11 nitrogen and oxygen atoms in total. The van der Waals surface area contributed by atoms with E-state index in [2.05, 4.69) is 10.3 Å². The van der Waals surface area contributed by atoms with E-state index in [-0.39, 0.29) is 41.1 Å². The van der Waals surface area contributed by atoms with Crippen molar-refractivity contribution in [2.24, 2.45) is 0 Å². The van der Waals surface area contributed by atoms with E-state index in [0.717, 1.165) is 11.8 Å². The van der Waals surface area contributed by atoms with Gasteiger partial charge in [-0.15, -0.1) is 0 Å². The number of amides is 2. The van der Waals surface area contributed by atoms with E-state index in [4.69, 9.17) is 21.7 Å². The molecule has 2 amide bonds. The Bertz CT molecular complexity index is 1290. The Balaban J connectivity index is 1.85. The number of hydrogen-bond donors (Lipinski definition) is 1. The van der Waals surface area contributed by atoms with Crippen molar-refractivity contribution < 1.29 is 23.9 Å². The molecule has 0 saturated carbocycles. The summed E-state index contributed by atoms with van der Waals surface area (Å²) in [5.41, 5.74) is 0.0566. The van der Waals surface area contributed by atoms with Gasteiger partial charge in [-0.1, -0.05) is 30.0 Å². The van der Waals surface area contributed by atoms with Crippen molar-refractivity contribution in [2.75, 3.05) is 45.4 Å². The number of thioether (sulfide) groups is 1. The van der Waals surface area contributed by atoms with E-state index in [1.807, 2.05) is 0 Å². The lowest BCUT2D eigenvalue weighted by molar-refractivity contribution is -0.143. The van der Waals surface area contributed by atoms with Crippen molar-refractivity contribution in [1.82, 2.24) is 19.6 Å². The fraction of sp³-hybridized carbons (Fsp3) is 0.364. The van der Waals surface area contributed by atoms with E-state index in [1.165, 1.54) is 29.6 Å². The Labute approximate surface area is 210 Å². The number of nitrogens with zero attached hydrogens (tertiary/aromatic N) is 4. The van der Waals surface area contributed by atoms with Crippen LogP contribution in [0.5, 0.6) is 0 Å². The number of rotatable bonds is 7. The summed E-state index contributed by atoms with van der Waals surface area (Å²) < 4.78 is 11.5. The monoisotopic (exact) mass is 517 g/mol. The topological polar surface area (TPSA) is 123 Å². The SMILES string of the molecule is COCCN1C(=O)/C(=C/c2c(N3CCNC(=O)[C@@H]3CC(=O)OC)nc3ccccn3c2=O)SC1=S. The van der Waals surface area contributed by atoms with Gasteiger partial charge in [-0.05, 0) is 18.2 Å². The van der Waals surface area contributed by atoms with Crippen LogP contribution in [0, 0.1) is 0 Å². The highest BCUT2D eigenvalue weighted by Crippen LogP contribution is 2.34. The zero-order chi connectivity index (χ0) is 25.1. The van der Waals surface area contributed by atoms with E-state index in [0.29, 0.717) is 29.7 Å². The number of piperazine rings is 1. The lowest BCUT2D eigenvalue weighted by atomic mass is 10.1. The number of ether oxygens (including phenoxy) is 2. The van der Waals surface area contributed by atoms with Crippen LogP contribution in [0.25, 0.3) is 11.7 Å². The molecule has 2 aromatic rings. The van der Waals surface area contributed by atoms with Gasteiger partial charge in [-0.25, -0.2) is 4.98 Å². The summed E-state index contributed by atoms with van der Waals surface area (Å²) in [5.74, 6) is -1.10. The van der Waals surface area contributed by atoms with Crippen LogP contribution in [0.1, 0.15) is 12.0 Å². The van der Waals surface area contributed by atoms with Crippen molar-refractivity contribution in [3.63, 3.8) is 0 Å². The molecule has 4 rings (SSSR count). The first-order valence-corrected chi connectivity index (χ1v) is 11.9. The number of carbonyl (C=O) groups excluding carboxylic acids is 3. The smallest absolute Gasteiger partial charge is 0.308 e. The van der Waals surface area contributed by atoms with Crippen LogP contribution < -0.4 is 15.8 Å². The summed E-state index contributed by atoms with van der Waals surface area (Å²) in [6.45, 7) is 1.19. The molecular weight excluding hydrogens is 494 g/mol. The van der Waals surface area contributed by atoms with Gasteiger partial charge in [0.25, 0.3) is 11.5 Å². The van der Waals surface area contributed by atoms with Crippen LogP contribution >= 0.6 is 24.0 Å². The van der Waals surface area contributed by atoms with Gasteiger partial charge >= 0.3 is 5.97 Å². The highest BCUT2D eigenvalue weighted by molar-refractivity contribution is 8.26. The predicted octanol–water partition coefficient (Wildman–Crippen LogP) is 0.410. The molecule has 0 spiro atoms. The first-order valence-electron chi connectivity index (χ1n) is 10.7. The van der Waals surface area contributed by atoms with E-state index in [1.54, 1.807) is 29.3 Å². The molecule has 13 heteroatoms. The van der Waals surface area contributed by atoms with Crippen LogP contribution in [-0.2, 0) is 23.9 Å². The molecule has 0 aromatic carbocycles. The van der Waals surface area contributed by atoms with Crippen LogP contribution in [0.4, 0.5) is 5.82 Å². The molecule has 2 saturated heterocycles. The standard InChI is InChI=1S/C22H23N5O6S2/c1-32-10-9-27-21(31)15(35-22(27)34)11-13-18(24-16-5-3-4-7-26(16)20(13)30)25-8-6-23-19(29)14(25)12-17(28)33-2/h3-5,7,11,14H,6,8-10,12H2,1-2H3,(H,23,29)/b15-11-/t14-/m0/s1. The largest absolute Gasteiger partial charge is 0.469 e. The van der Waals surface area contributed by atoms with Gasteiger partial charge < -0.3 is 19.7 Å². The third-order valence-corrected chi connectivity index (χ3v) is 6.99. The van der Waals surface area contributed by atoms with Gasteiger partial charge in [0, 0.05) is 26.4 Å². The van der Waals surface area contributed by atoms with Crippen molar-refractivity contribution in [2.45, 2.75) is 12.5 Å². The van der Waals surface area contributed by atoms with Crippen molar-refractivity contribution in [1.29, 1.82) is 0 Å². The van der Waals surface area contributed by atoms with Crippen molar-refractivity contribution in [3.8, 4) is 0 Å². The average Bonchev–Trinajstić information content (AvgIpc) is 3.12. The first kappa shape index (κ1) is 24.8. The van der Waals surface area contributed by atoms with E-state index < -0.39 is 17.6 Å². The van der Waals surface area contributed by atoms with Gasteiger partial charge in [0.1, 0.15) is 21.8 Å². The second-order valence-electron chi connectivity index (χ2n) is 7.69. The maximum Gasteiger partial charge on any atom is 0.308 e. The number of methoxy groups -OCH3 is 2. The lowest BCUT2D eigenvalue weighted by Crippen LogP contribution is -2.57. The Hall–Kier alpha value is -3.29. The highest BCUT2D eigenvalue weighted by Gasteiger charge is 2.36. The highest BCUT2D eigenvalue weighted by atomic mass is 32.2. The molecular formula is C22H23N5O6S2. The van der Waals surface area contributed by atoms with Crippen LogP contribution in [0.15, 0.2) is 34.1 Å². The Morgan fingerprint density at radius 1 is 1.31 bits per heavy atom. The molecule has 2 fully saturated rings. The number of nitrogens with one attached hydrogen (secondary N) is 1. The summed E-state index contributed by atoms with van der Waals surface area (Å²) in [6, 6.07) is 4.16. The second kappa shape index (κ2) is 10.5. The van der Waals surface area contributed by atoms with Crippen molar-refractivity contribution >= 4 is 63.6 Å². The molecule has 0 bridgehead atoms. The fourth-order valence-corrected chi connectivity index (χ4v) is 5.15. The number of hydrogen-bond acceptors (Lipinski definition) is 10.